The zero-order valence-corrected chi connectivity index (χ0v) is 16.1. The molecule has 138 valence electrons. The highest BCUT2D eigenvalue weighted by molar-refractivity contribution is 5.72. The summed E-state index contributed by atoms with van der Waals surface area (Å²) in [6.45, 7) is 5.03. The number of aliphatic hydroxyl groups is 1. The van der Waals surface area contributed by atoms with Gasteiger partial charge in [-0.1, -0.05) is 37.6 Å². The SMILES string of the molecule is CC12CC[C@H](O)CC1=CCC1C2CCC2(C)C(c3cccnc3)=CCC12. The molecule has 4 aliphatic carbocycles. The number of rotatable bonds is 1. The van der Waals surface area contributed by atoms with Crippen LogP contribution in [0, 0.1) is 28.6 Å². The molecule has 5 rings (SSSR count). The normalized spacial score (nSPS) is 44.4. The first kappa shape index (κ1) is 16.7. The van der Waals surface area contributed by atoms with Gasteiger partial charge in [-0.3, -0.25) is 4.98 Å². The van der Waals surface area contributed by atoms with E-state index in [1.165, 1.54) is 37.7 Å². The highest BCUT2D eigenvalue weighted by atomic mass is 16.3. The van der Waals surface area contributed by atoms with Crippen molar-refractivity contribution in [3.63, 3.8) is 0 Å². The summed E-state index contributed by atoms with van der Waals surface area (Å²) in [5, 5.41) is 10.2. The van der Waals surface area contributed by atoms with Crippen molar-refractivity contribution in [1.29, 1.82) is 0 Å². The highest BCUT2D eigenvalue weighted by Crippen LogP contribution is 2.66. The Morgan fingerprint density at radius 3 is 2.69 bits per heavy atom. The molecule has 2 heteroatoms. The minimum atomic E-state index is -0.106. The van der Waals surface area contributed by atoms with E-state index in [2.05, 4.69) is 43.1 Å². The average molecular weight is 350 g/mol. The third-order valence-corrected chi connectivity index (χ3v) is 8.63. The van der Waals surface area contributed by atoms with E-state index in [-0.39, 0.29) is 6.10 Å². The van der Waals surface area contributed by atoms with Crippen LogP contribution in [0.2, 0.25) is 0 Å². The lowest BCUT2D eigenvalue weighted by Crippen LogP contribution is -2.49. The van der Waals surface area contributed by atoms with Crippen LogP contribution in [0.1, 0.15) is 64.4 Å². The third kappa shape index (κ3) is 2.24. The molecule has 0 aromatic carbocycles. The number of aliphatic hydroxyl groups excluding tert-OH is 1. The Labute approximate surface area is 157 Å². The number of fused-ring (bicyclic) bond motifs is 5. The molecule has 2 nitrogen and oxygen atoms in total. The minimum absolute atomic E-state index is 0.106. The van der Waals surface area contributed by atoms with Crippen LogP contribution in [0.15, 0.2) is 42.3 Å². The topological polar surface area (TPSA) is 33.1 Å². The molecule has 1 N–H and O–H groups in total. The van der Waals surface area contributed by atoms with Gasteiger partial charge in [-0.25, -0.2) is 0 Å². The van der Waals surface area contributed by atoms with Crippen LogP contribution < -0.4 is 0 Å². The predicted octanol–water partition coefficient (Wildman–Crippen LogP) is 5.40. The average Bonchev–Trinajstić information content (AvgIpc) is 3.00. The lowest BCUT2D eigenvalue weighted by atomic mass is 9.47. The van der Waals surface area contributed by atoms with Crippen LogP contribution in [0.25, 0.3) is 5.57 Å². The molecule has 0 aliphatic heterocycles. The number of allylic oxidation sites excluding steroid dienone is 3. The second-order valence-corrected chi connectivity index (χ2v) is 9.71. The van der Waals surface area contributed by atoms with Crippen LogP contribution in [0.4, 0.5) is 0 Å². The van der Waals surface area contributed by atoms with E-state index in [1.807, 2.05) is 12.4 Å². The van der Waals surface area contributed by atoms with Crippen LogP contribution >= 0.6 is 0 Å². The number of hydrogen-bond acceptors (Lipinski definition) is 2. The van der Waals surface area contributed by atoms with Gasteiger partial charge >= 0.3 is 0 Å². The summed E-state index contributed by atoms with van der Waals surface area (Å²) >= 11 is 0. The van der Waals surface area contributed by atoms with E-state index in [9.17, 15) is 5.11 Å². The van der Waals surface area contributed by atoms with E-state index >= 15 is 0 Å². The maximum atomic E-state index is 10.2. The molecular formula is C24H31NO. The van der Waals surface area contributed by atoms with Gasteiger partial charge < -0.3 is 5.11 Å². The summed E-state index contributed by atoms with van der Waals surface area (Å²) in [7, 11) is 0. The van der Waals surface area contributed by atoms with Crippen molar-refractivity contribution >= 4 is 5.57 Å². The molecule has 1 aromatic heterocycles. The number of hydrogen-bond donors (Lipinski definition) is 1. The maximum Gasteiger partial charge on any atom is 0.0577 e. The summed E-state index contributed by atoms with van der Waals surface area (Å²) in [6.07, 6.45) is 17.0. The molecule has 0 spiro atoms. The van der Waals surface area contributed by atoms with Gasteiger partial charge in [0.2, 0.25) is 0 Å². The fraction of sp³-hybridized carbons (Fsp3) is 0.625. The smallest absolute Gasteiger partial charge is 0.0577 e. The van der Waals surface area contributed by atoms with Crippen LogP contribution in [0.3, 0.4) is 0 Å². The standard InChI is InChI=1S/C24H31NO/c1-23-11-9-18(26)14-17(23)5-6-19-21-8-7-20(16-4-3-13-25-15-16)24(21,2)12-10-22(19)23/h3-5,7,13,15,18-19,21-22,26H,6,8-12,14H2,1-2H3/t18-,19?,21?,22?,23?,24?/m0/s1. The van der Waals surface area contributed by atoms with E-state index in [0.717, 1.165) is 30.6 Å². The summed E-state index contributed by atoms with van der Waals surface area (Å²) in [5.74, 6) is 2.36. The van der Waals surface area contributed by atoms with Crippen molar-refractivity contribution in [2.24, 2.45) is 28.6 Å². The van der Waals surface area contributed by atoms with Gasteiger partial charge in [-0.05, 0) is 90.7 Å². The van der Waals surface area contributed by atoms with E-state index in [0.29, 0.717) is 10.8 Å². The van der Waals surface area contributed by atoms with Crippen molar-refractivity contribution in [2.45, 2.75) is 64.9 Å². The molecule has 5 unspecified atom stereocenters. The lowest BCUT2D eigenvalue weighted by Gasteiger charge is -2.57. The molecule has 0 amide bonds. The highest BCUT2D eigenvalue weighted by Gasteiger charge is 2.56. The fourth-order valence-corrected chi connectivity index (χ4v) is 7.18. The number of pyridine rings is 1. The van der Waals surface area contributed by atoms with Crippen molar-refractivity contribution in [3.05, 3.63) is 47.8 Å². The number of aromatic nitrogens is 1. The molecule has 0 radical (unpaired) electrons. The van der Waals surface area contributed by atoms with Gasteiger partial charge in [0.25, 0.3) is 0 Å². The van der Waals surface area contributed by atoms with E-state index in [1.54, 1.807) is 11.1 Å². The quantitative estimate of drug-likeness (QED) is 0.689. The van der Waals surface area contributed by atoms with Crippen molar-refractivity contribution in [3.8, 4) is 0 Å². The second-order valence-electron chi connectivity index (χ2n) is 9.71. The summed E-state index contributed by atoms with van der Waals surface area (Å²) in [6, 6.07) is 4.31. The molecule has 2 fully saturated rings. The molecule has 0 bridgehead atoms. The van der Waals surface area contributed by atoms with E-state index in [4.69, 9.17) is 0 Å². The summed E-state index contributed by atoms with van der Waals surface area (Å²) in [5.41, 5.74) is 5.09. The molecule has 2 saturated carbocycles. The Balaban J connectivity index is 1.48. The van der Waals surface area contributed by atoms with Gasteiger partial charge in [0, 0.05) is 12.4 Å². The second kappa shape index (κ2) is 5.79. The first-order valence-electron chi connectivity index (χ1n) is 10.5. The zero-order chi connectivity index (χ0) is 17.9. The van der Waals surface area contributed by atoms with Gasteiger partial charge in [0.05, 0.1) is 6.10 Å². The first-order chi connectivity index (χ1) is 12.5. The molecule has 1 heterocycles. The van der Waals surface area contributed by atoms with Crippen molar-refractivity contribution in [2.75, 3.05) is 0 Å². The first-order valence-corrected chi connectivity index (χ1v) is 10.5. The molecule has 6 atom stereocenters. The Kier molecular flexibility index (Phi) is 3.73. The third-order valence-electron chi connectivity index (χ3n) is 8.63. The lowest BCUT2D eigenvalue weighted by molar-refractivity contribution is -0.0238. The summed E-state index contributed by atoms with van der Waals surface area (Å²) in [4.78, 5) is 4.38. The Morgan fingerprint density at radius 2 is 1.88 bits per heavy atom. The van der Waals surface area contributed by atoms with Crippen LogP contribution in [0.5, 0.6) is 0 Å². The predicted molar refractivity (Wildman–Crippen MR) is 105 cm³/mol. The Morgan fingerprint density at radius 1 is 1.04 bits per heavy atom. The molecule has 4 aliphatic rings. The largest absolute Gasteiger partial charge is 0.393 e. The Hall–Kier alpha value is -1.41. The van der Waals surface area contributed by atoms with Gasteiger partial charge in [-0.15, -0.1) is 0 Å². The molecular weight excluding hydrogens is 318 g/mol. The van der Waals surface area contributed by atoms with Gasteiger partial charge in [-0.2, -0.15) is 0 Å². The molecule has 26 heavy (non-hydrogen) atoms. The zero-order valence-electron chi connectivity index (χ0n) is 16.1. The maximum absolute atomic E-state index is 10.2. The van der Waals surface area contributed by atoms with Gasteiger partial charge in [0.15, 0.2) is 0 Å². The minimum Gasteiger partial charge on any atom is -0.393 e. The molecule has 0 saturated heterocycles. The number of nitrogens with zero attached hydrogens (tertiary/aromatic N) is 1. The van der Waals surface area contributed by atoms with Gasteiger partial charge in [0.1, 0.15) is 0 Å². The van der Waals surface area contributed by atoms with Crippen LogP contribution in [-0.4, -0.2) is 16.2 Å². The van der Waals surface area contributed by atoms with E-state index < -0.39 is 0 Å². The van der Waals surface area contributed by atoms with Crippen LogP contribution in [-0.2, 0) is 0 Å². The molecule has 1 aromatic rings. The van der Waals surface area contributed by atoms with Crippen molar-refractivity contribution < 1.29 is 5.11 Å². The van der Waals surface area contributed by atoms with Crippen molar-refractivity contribution in [1.82, 2.24) is 4.98 Å². The monoisotopic (exact) mass is 349 g/mol. The Bertz CT molecular complexity index is 766. The summed E-state index contributed by atoms with van der Waals surface area (Å²) < 4.78 is 0. The fourth-order valence-electron chi connectivity index (χ4n) is 7.18.